The van der Waals surface area contributed by atoms with Crippen LogP contribution in [0.3, 0.4) is 0 Å². The van der Waals surface area contributed by atoms with Crippen LogP contribution in [0.4, 0.5) is 0 Å². The van der Waals surface area contributed by atoms with Crippen molar-refractivity contribution in [2.24, 2.45) is 0 Å². The van der Waals surface area contributed by atoms with E-state index in [0.717, 1.165) is 70.6 Å². The van der Waals surface area contributed by atoms with E-state index in [1.54, 1.807) is 0 Å². The molecule has 1 unspecified atom stereocenters. The normalized spacial score (nSPS) is 12.4. The first kappa shape index (κ1) is 60.4. The number of allylic oxidation sites excluding steroid dienone is 8. The summed E-state index contributed by atoms with van der Waals surface area (Å²) < 4.78 is 16.8. The number of ether oxygens (including phenoxy) is 3. The summed E-state index contributed by atoms with van der Waals surface area (Å²) in [5, 5.41) is 0. The van der Waals surface area contributed by atoms with Crippen molar-refractivity contribution in [1.29, 1.82) is 0 Å². The second-order valence-corrected chi connectivity index (χ2v) is 18.2. The zero-order valence-corrected chi connectivity index (χ0v) is 41.8. The highest BCUT2D eigenvalue weighted by atomic mass is 16.6. The number of carbonyl (C=O) groups is 3. The van der Waals surface area contributed by atoms with Crippen LogP contribution in [0.2, 0.25) is 0 Å². The number of hydrogen-bond acceptors (Lipinski definition) is 6. The van der Waals surface area contributed by atoms with Crippen LogP contribution in [-0.4, -0.2) is 37.2 Å². The minimum absolute atomic E-state index is 0.0753. The molecule has 0 aromatic rings. The lowest BCUT2D eigenvalue weighted by Crippen LogP contribution is -2.30. The Labute approximate surface area is 390 Å². The molecule has 0 aromatic heterocycles. The van der Waals surface area contributed by atoms with Crippen molar-refractivity contribution in [3.8, 4) is 0 Å². The Morgan fingerprint density at radius 2 is 0.619 bits per heavy atom. The van der Waals surface area contributed by atoms with E-state index in [0.29, 0.717) is 19.3 Å². The smallest absolute Gasteiger partial charge is 0.306 e. The Kier molecular flexibility index (Phi) is 49.8. The van der Waals surface area contributed by atoms with E-state index in [2.05, 4.69) is 69.4 Å². The molecule has 0 aromatic carbocycles. The standard InChI is InChI=1S/C57H102O6/c1-4-7-10-13-16-19-21-23-25-27-28-30-31-33-35-38-41-44-47-50-56(59)62-53-54(52-61-55(58)49-46-43-40-37-18-15-12-9-6-3)63-57(60)51-48-45-42-39-36-34-32-29-26-24-22-20-17-14-11-8-5-2/h16-17,19-21,23-24,26,54H,4-15,18,22,25,27-53H2,1-3H3/b19-16-,20-17-,23-21-,26-24-. The van der Waals surface area contributed by atoms with Crippen LogP contribution in [0, 0.1) is 0 Å². The van der Waals surface area contributed by atoms with Gasteiger partial charge in [-0.25, -0.2) is 0 Å². The molecule has 0 aliphatic heterocycles. The number of hydrogen-bond donors (Lipinski definition) is 0. The highest BCUT2D eigenvalue weighted by Gasteiger charge is 2.19. The molecule has 0 N–H and O–H groups in total. The minimum Gasteiger partial charge on any atom is -0.462 e. The second-order valence-electron chi connectivity index (χ2n) is 18.2. The van der Waals surface area contributed by atoms with Crippen molar-refractivity contribution in [3.63, 3.8) is 0 Å². The Bertz CT molecular complexity index is 1110. The largest absolute Gasteiger partial charge is 0.462 e. The molecule has 6 heteroatoms. The molecule has 0 radical (unpaired) electrons. The van der Waals surface area contributed by atoms with Crippen molar-refractivity contribution < 1.29 is 28.6 Å². The molecule has 0 fully saturated rings. The van der Waals surface area contributed by atoms with Crippen molar-refractivity contribution in [2.75, 3.05) is 13.2 Å². The molecule has 0 aliphatic rings. The maximum Gasteiger partial charge on any atom is 0.306 e. The van der Waals surface area contributed by atoms with Gasteiger partial charge in [-0.15, -0.1) is 0 Å². The predicted octanol–water partition coefficient (Wildman–Crippen LogP) is 17.9. The SMILES string of the molecule is CCCCC/C=C\C=C/CCCCCCCCCCCCC(=O)OCC(COC(=O)CCCCCCCCCCC)OC(=O)CCCCCCCCC/C=C\C/C=C\CCCCC. The van der Waals surface area contributed by atoms with Crippen LogP contribution in [0.1, 0.15) is 278 Å². The Balaban J connectivity index is 4.30. The molecule has 0 saturated heterocycles. The van der Waals surface area contributed by atoms with Crippen molar-refractivity contribution in [2.45, 2.75) is 284 Å². The third-order valence-electron chi connectivity index (χ3n) is 11.8. The summed E-state index contributed by atoms with van der Waals surface area (Å²) in [7, 11) is 0. The molecule has 0 bridgehead atoms. The minimum atomic E-state index is -0.775. The van der Waals surface area contributed by atoms with Gasteiger partial charge in [0.2, 0.25) is 0 Å². The number of esters is 3. The van der Waals surface area contributed by atoms with Crippen LogP contribution in [0.15, 0.2) is 48.6 Å². The van der Waals surface area contributed by atoms with Gasteiger partial charge in [0.05, 0.1) is 0 Å². The van der Waals surface area contributed by atoms with Crippen LogP contribution < -0.4 is 0 Å². The fraction of sp³-hybridized carbons (Fsp3) is 0.807. The zero-order valence-electron chi connectivity index (χ0n) is 41.8. The molecule has 6 nitrogen and oxygen atoms in total. The lowest BCUT2D eigenvalue weighted by atomic mass is 10.1. The van der Waals surface area contributed by atoms with E-state index < -0.39 is 6.10 Å². The topological polar surface area (TPSA) is 78.9 Å². The summed E-state index contributed by atoms with van der Waals surface area (Å²) in [6, 6.07) is 0. The molecular formula is C57H102O6. The fourth-order valence-corrected chi connectivity index (χ4v) is 7.70. The van der Waals surface area contributed by atoms with E-state index >= 15 is 0 Å². The van der Waals surface area contributed by atoms with Gasteiger partial charge in [-0.3, -0.25) is 14.4 Å². The molecule has 0 amide bonds. The summed E-state index contributed by atoms with van der Waals surface area (Å²) in [5.41, 5.74) is 0. The highest BCUT2D eigenvalue weighted by Crippen LogP contribution is 2.15. The van der Waals surface area contributed by atoms with E-state index in [1.807, 2.05) is 0 Å². The quantitative estimate of drug-likeness (QED) is 0.0199. The monoisotopic (exact) mass is 883 g/mol. The number of carbonyl (C=O) groups excluding carboxylic acids is 3. The Morgan fingerprint density at radius 1 is 0.333 bits per heavy atom. The first-order chi connectivity index (χ1) is 31.0. The molecule has 1 atom stereocenters. The Hall–Kier alpha value is -2.63. The van der Waals surface area contributed by atoms with Gasteiger partial charge in [-0.2, -0.15) is 0 Å². The first-order valence-electron chi connectivity index (χ1n) is 27.2. The van der Waals surface area contributed by atoms with E-state index in [4.69, 9.17) is 14.2 Å². The molecule has 0 aliphatic carbocycles. The predicted molar refractivity (Wildman–Crippen MR) is 270 cm³/mol. The lowest BCUT2D eigenvalue weighted by molar-refractivity contribution is -0.167. The second kappa shape index (κ2) is 52.0. The van der Waals surface area contributed by atoms with Gasteiger partial charge in [0, 0.05) is 19.3 Å². The maximum atomic E-state index is 12.8. The van der Waals surface area contributed by atoms with Gasteiger partial charge in [-0.1, -0.05) is 230 Å². The van der Waals surface area contributed by atoms with Gasteiger partial charge in [0.15, 0.2) is 6.10 Å². The molecule has 0 saturated carbocycles. The Morgan fingerprint density at radius 3 is 1.00 bits per heavy atom. The molecule has 366 valence electrons. The molecule has 0 heterocycles. The number of rotatable bonds is 49. The van der Waals surface area contributed by atoms with E-state index in [1.165, 1.54) is 167 Å². The van der Waals surface area contributed by atoms with E-state index in [-0.39, 0.29) is 31.1 Å². The molecule has 63 heavy (non-hydrogen) atoms. The van der Waals surface area contributed by atoms with Gasteiger partial charge < -0.3 is 14.2 Å². The van der Waals surface area contributed by atoms with E-state index in [9.17, 15) is 14.4 Å². The average Bonchev–Trinajstić information content (AvgIpc) is 3.28. The first-order valence-corrected chi connectivity index (χ1v) is 27.2. The zero-order chi connectivity index (χ0) is 45.8. The van der Waals surface area contributed by atoms with Gasteiger partial charge in [0.1, 0.15) is 13.2 Å². The van der Waals surface area contributed by atoms with Crippen LogP contribution in [0.5, 0.6) is 0 Å². The van der Waals surface area contributed by atoms with Crippen molar-refractivity contribution >= 4 is 17.9 Å². The molecule has 0 spiro atoms. The summed E-state index contributed by atoms with van der Waals surface area (Å²) in [4.78, 5) is 38.0. The van der Waals surface area contributed by atoms with Crippen molar-refractivity contribution in [3.05, 3.63) is 48.6 Å². The summed E-state index contributed by atoms with van der Waals surface area (Å²) >= 11 is 0. The maximum absolute atomic E-state index is 12.8. The molecular weight excluding hydrogens is 781 g/mol. The fourth-order valence-electron chi connectivity index (χ4n) is 7.70. The summed E-state index contributed by atoms with van der Waals surface area (Å²) in [5.74, 6) is -0.880. The van der Waals surface area contributed by atoms with Crippen LogP contribution >= 0.6 is 0 Å². The van der Waals surface area contributed by atoms with Crippen LogP contribution in [0.25, 0.3) is 0 Å². The van der Waals surface area contributed by atoms with Gasteiger partial charge in [-0.05, 0) is 77.0 Å². The van der Waals surface area contributed by atoms with Gasteiger partial charge in [0.25, 0.3) is 0 Å². The average molecular weight is 883 g/mol. The van der Waals surface area contributed by atoms with Gasteiger partial charge >= 0.3 is 17.9 Å². The number of unbranched alkanes of at least 4 members (excludes halogenated alkanes) is 31. The third kappa shape index (κ3) is 50.2. The summed E-state index contributed by atoms with van der Waals surface area (Å²) in [6.07, 6.45) is 62.4. The summed E-state index contributed by atoms with van der Waals surface area (Å²) in [6.45, 7) is 6.58. The lowest BCUT2D eigenvalue weighted by Gasteiger charge is -2.18. The highest BCUT2D eigenvalue weighted by molar-refractivity contribution is 5.71. The molecule has 0 rings (SSSR count). The van der Waals surface area contributed by atoms with Crippen molar-refractivity contribution in [1.82, 2.24) is 0 Å². The third-order valence-corrected chi connectivity index (χ3v) is 11.8. The van der Waals surface area contributed by atoms with Crippen LogP contribution in [-0.2, 0) is 28.6 Å².